The van der Waals surface area contributed by atoms with Crippen LogP contribution >= 0.6 is 27.0 Å². The van der Waals surface area contributed by atoms with Crippen molar-refractivity contribution in [3.63, 3.8) is 0 Å². The van der Waals surface area contributed by atoms with Crippen molar-refractivity contribution in [3.8, 4) is 0 Å². The molecule has 0 aliphatic carbocycles. The molecule has 0 radical (unpaired) electrons. The number of carbonyl (C=O) groups is 1. The van der Waals surface area contributed by atoms with E-state index in [1.54, 1.807) is 20.8 Å². The highest BCUT2D eigenvalue weighted by molar-refractivity contribution is 7.59. The van der Waals surface area contributed by atoms with E-state index in [1.165, 1.54) is 4.90 Å². The molecule has 0 bridgehead atoms. The summed E-state index contributed by atoms with van der Waals surface area (Å²) in [6.07, 6.45) is -1.05. The molecule has 7 heteroatoms. The predicted molar refractivity (Wildman–Crippen MR) is 72.6 cm³/mol. The Labute approximate surface area is 110 Å². The van der Waals surface area contributed by atoms with Crippen molar-refractivity contribution in [1.29, 1.82) is 0 Å². The minimum atomic E-state index is -0.637. The molecule has 98 valence electrons. The fourth-order valence-corrected chi connectivity index (χ4v) is 1.29. The van der Waals surface area contributed by atoms with Gasteiger partial charge in [-0.05, 0) is 20.8 Å². The van der Waals surface area contributed by atoms with Crippen LogP contribution in [0.5, 0.6) is 0 Å². The number of carbonyl (C=O) groups excluding carboxylic acids is 1. The maximum Gasteiger partial charge on any atom is 0.410 e. The van der Waals surface area contributed by atoms with Gasteiger partial charge in [-0.25, -0.2) is 4.79 Å². The first-order chi connectivity index (χ1) is 6.29. The number of ether oxygens (including phenoxy) is 1. The predicted octanol–water partition coefficient (Wildman–Crippen LogP) is 0.151. The number of nitrogens with two attached hydrogens (primary N) is 1. The molecule has 3 N–H and O–H groups in total. The highest BCUT2D eigenvalue weighted by Gasteiger charge is 2.33. The van der Waals surface area contributed by atoms with Crippen molar-refractivity contribution < 1.29 is 14.6 Å². The summed E-state index contributed by atoms with van der Waals surface area (Å²) in [5.74, 6) is 0. The van der Waals surface area contributed by atoms with E-state index in [9.17, 15) is 9.90 Å². The first kappa shape index (κ1) is 18.3. The Morgan fingerprint density at radius 1 is 1.38 bits per heavy atom. The number of amides is 1. The first-order valence-corrected chi connectivity index (χ1v) is 4.71. The van der Waals surface area contributed by atoms with Gasteiger partial charge < -0.3 is 20.5 Å². The number of aliphatic hydroxyl groups excluding tert-OH is 1. The maximum atomic E-state index is 11.5. The monoisotopic (exact) mass is 270 g/mol. The molecule has 1 rings (SSSR count). The lowest BCUT2D eigenvalue weighted by Crippen LogP contribution is -2.36. The summed E-state index contributed by atoms with van der Waals surface area (Å²) in [4.78, 5) is 12.9. The summed E-state index contributed by atoms with van der Waals surface area (Å²) in [5, 5.41) is 9.34. The van der Waals surface area contributed by atoms with Gasteiger partial charge in [-0.3, -0.25) is 0 Å². The average Bonchev–Trinajstić information content (AvgIpc) is 2.28. The fraction of sp³-hybridized carbons (Fsp3) is 0.889. The zero-order valence-electron chi connectivity index (χ0n) is 9.86. The van der Waals surface area contributed by atoms with E-state index in [1.807, 2.05) is 0 Å². The minimum Gasteiger partial charge on any atom is -0.444 e. The summed E-state index contributed by atoms with van der Waals surface area (Å²) in [6.45, 7) is 6.03. The van der Waals surface area contributed by atoms with E-state index < -0.39 is 17.8 Å². The molecular formula is C9H22N2O3S2. The number of β-amino-alcohol motifs (C(OH)–C–C–N with tert-alkyl or cyclic N) is 1. The van der Waals surface area contributed by atoms with Crippen LogP contribution < -0.4 is 5.73 Å². The van der Waals surface area contributed by atoms with Gasteiger partial charge in [-0.2, -0.15) is 27.0 Å². The van der Waals surface area contributed by atoms with E-state index in [0.29, 0.717) is 6.54 Å². The molecule has 1 aliphatic heterocycles. The van der Waals surface area contributed by atoms with E-state index in [0.717, 1.165) is 0 Å². The second-order valence-corrected chi connectivity index (χ2v) is 4.62. The van der Waals surface area contributed by atoms with Gasteiger partial charge in [0, 0.05) is 6.54 Å². The van der Waals surface area contributed by atoms with Gasteiger partial charge in [-0.1, -0.05) is 0 Å². The fourth-order valence-electron chi connectivity index (χ4n) is 1.29. The van der Waals surface area contributed by atoms with Gasteiger partial charge in [0.1, 0.15) is 5.60 Å². The lowest BCUT2D eigenvalue weighted by Gasteiger charge is -2.24. The van der Waals surface area contributed by atoms with Gasteiger partial charge in [0.2, 0.25) is 0 Å². The minimum absolute atomic E-state index is 0. The number of aliphatic hydroxyl groups is 1. The molecule has 1 heterocycles. The second-order valence-electron chi connectivity index (χ2n) is 4.62. The van der Waals surface area contributed by atoms with Gasteiger partial charge in [-0.15, -0.1) is 0 Å². The Hall–Kier alpha value is -0.110. The van der Waals surface area contributed by atoms with Crippen LogP contribution in [0.1, 0.15) is 20.8 Å². The highest BCUT2D eigenvalue weighted by atomic mass is 32.1. The molecule has 1 fully saturated rings. The zero-order chi connectivity index (χ0) is 10.9. The van der Waals surface area contributed by atoms with Crippen molar-refractivity contribution in [2.75, 3.05) is 13.1 Å². The average molecular weight is 270 g/mol. The Kier molecular flexibility index (Phi) is 7.51. The zero-order valence-corrected chi connectivity index (χ0v) is 11.9. The number of likely N-dealkylation sites (tertiary alicyclic amines) is 1. The molecular weight excluding hydrogens is 248 g/mol. The van der Waals surface area contributed by atoms with Gasteiger partial charge in [0.15, 0.2) is 0 Å². The Balaban J connectivity index is 0. The van der Waals surface area contributed by atoms with E-state index in [4.69, 9.17) is 10.5 Å². The summed E-state index contributed by atoms with van der Waals surface area (Å²) < 4.78 is 5.14. The van der Waals surface area contributed by atoms with Crippen LogP contribution in [0, 0.1) is 0 Å². The molecule has 1 saturated heterocycles. The third kappa shape index (κ3) is 5.29. The van der Waals surface area contributed by atoms with Crippen molar-refractivity contribution in [2.24, 2.45) is 5.73 Å². The smallest absolute Gasteiger partial charge is 0.410 e. The lowest BCUT2D eigenvalue weighted by molar-refractivity contribution is 0.0270. The number of nitrogens with zero attached hydrogens (tertiary/aromatic N) is 1. The molecule has 0 saturated carbocycles. The van der Waals surface area contributed by atoms with Crippen molar-refractivity contribution >= 4 is 33.1 Å². The lowest BCUT2D eigenvalue weighted by atomic mass is 10.2. The maximum absolute atomic E-state index is 11.5. The third-order valence-electron chi connectivity index (χ3n) is 1.98. The summed E-state index contributed by atoms with van der Waals surface area (Å²) in [6, 6.07) is -0.359. The van der Waals surface area contributed by atoms with Crippen molar-refractivity contribution in [1.82, 2.24) is 4.90 Å². The molecule has 1 aliphatic rings. The van der Waals surface area contributed by atoms with Crippen LogP contribution in [0.4, 0.5) is 4.79 Å². The molecule has 0 aromatic heterocycles. The second kappa shape index (κ2) is 6.58. The number of hydrogen-bond donors (Lipinski definition) is 2. The van der Waals surface area contributed by atoms with Crippen molar-refractivity contribution in [2.45, 2.75) is 38.5 Å². The standard InChI is InChI=1S/C9H18N2O3.2H2S/c1-9(2,3)14-8(13)11-4-6(10)7(12)5-11;;/h6-7,12H,4-5,10H2,1-3H3;2*1H2/t6-,7-;;/m0../s1. The van der Waals surface area contributed by atoms with Crippen LogP contribution in [-0.4, -0.2) is 46.9 Å². The van der Waals surface area contributed by atoms with Crippen LogP contribution in [0.25, 0.3) is 0 Å². The van der Waals surface area contributed by atoms with Crippen LogP contribution in [0.15, 0.2) is 0 Å². The third-order valence-corrected chi connectivity index (χ3v) is 1.98. The molecule has 5 nitrogen and oxygen atoms in total. The van der Waals surface area contributed by atoms with Gasteiger partial charge in [0.05, 0.1) is 18.7 Å². The molecule has 0 aromatic rings. The Morgan fingerprint density at radius 3 is 2.19 bits per heavy atom. The highest BCUT2D eigenvalue weighted by Crippen LogP contribution is 2.14. The Morgan fingerprint density at radius 2 is 1.88 bits per heavy atom. The summed E-state index contributed by atoms with van der Waals surface area (Å²) >= 11 is 0. The molecule has 0 spiro atoms. The molecule has 0 unspecified atom stereocenters. The number of rotatable bonds is 0. The van der Waals surface area contributed by atoms with Gasteiger partial charge >= 0.3 is 6.09 Å². The first-order valence-electron chi connectivity index (χ1n) is 4.71. The number of hydrogen-bond acceptors (Lipinski definition) is 4. The topological polar surface area (TPSA) is 75.8 Å². The SMILES string of the molecule is CC(C)(C)OC(=O)N1C[C@H](N)[C@@H](O)C1.S.S. The van der Waals surface area contributed by atoms with Crippen LogP contribution in [0.2, 0.25) is 0 Å². The van der Waals surface area contributed by atoms with E-state index in [-0.39, 0.29) is 39.6 Å². The van der Waals surface area contributed by atoms with Crippen LogP contribution in [0.3, 0.4) is 0 Å². The van der Waals surface area contributed by atoms with Gasteiger partial charge in [0.25, 0.3) is 0 Å². The largest absolute Gasteiger partial charge is 0.444 e. The normalized spacial score (nSPS) is 24.4. The quantitative estimate of drug-likeness (QED) is 0.657. The summed E-state index contributed by atoms with van der Waals surface area (Å²) in [7, 11) is 0. The Bertz CT molecular complexity index is 223. The molecule has 2 atom stereocenters. The molecule has 0 aromatic carbocycles. The van der Waals surface area contributed by atoms with Crippen LogP contribution in [-0.2, 0) is 4.74 Å². The van der Waals surface area contributed by atoms with Crippen molar-refractivity contribution in [3.05, 3.63) is 0 Å². The summed E-state index contributed by atoms with van der Waals surface area (Å²) in [5.41, 5.74) is 5.07. The molecule has 16 heavy (non-hydrogen) atoms. The molecule has 1 amide bonds. The van der Waals surface area contributed by atoms with E-state index in [2.05, 4.69) is 0 Å². The van der Waals surface area contributed by atoms with E-state index >= 15 is 0 Å².